The zero-order valence-electron chi connectivity index (χ0n) is 9.56. The molecule has 0 spiro atoms. The third-order valence-corrected chi connectivity index (χ3v) is 4.22. The predicted molar refractivity (Wildman–Crippen MR) is 73.4 cm³/mol. The summed E-state index contributed by atoms with van der Waals surface area (Å²) in [6.07, 6.45) is 0. The summed E-state index contributed by atoms with van der Waals surface area (Å²) in [6.45, 7) is 7.45. The van der Waals surface area contributed by atoms with E-state index in [0.717, 1.165) is 29.1 Å². The van der Waals surface area contributed by atoms with Crippen molar-refractivity contribution in [3.8, 4) is 0 Å². The van der Waals surface area contributed by atoms with Crippen LogP contribution < -0.4 is 10.2 Å². The Labute approximate surface area is 110 Å². The van der Waals surface area contributed by atoms with Gasteiger partial charge in [0.2, 0.25) is 0 Å². The van der Waals surface area contributed by atoms with E-state index in [-0.39, 0.29) is 5.54 Å². The zero-order valence-corrected chi connectivity index (χ0v) is 11.9. The van der Waals surface area contributed by atoms with Crippen molar-refractivity contribution in [2.45, 2.75) is 19.4 Å². The van der Waals surface area contributed by atoms with Crippen molar-refractivity contribution in [1.29, 1.82) is 0 Å². The van der Waals surface area contributed by atoms with Gasteiger partial charge in [-0.15, -0.1) is 0 Å². The molecule has 2 rings (SSSR count). The number of halogens is 2. The number of piperazine rings is 1. The predicted octanol–water partition coefficient (Wildman–Crippen LogP) is 3.29. The summed E-state index contributed by atoms with van der Waals surface area (Å²) in [4.78, 5) is 2.37. The van der Waals surface area contributed by atoms with Crippen LogP contribution in [0.4, 0.5) is 5.69 Å². The third-order valence-electron chi connectivity index (χ3n) is 2.84. The van der Waals surface area contributed by atoms with Crippen LogP contribution in [0, 0.1) is 0 Å². The second-order valence-electron chi connectivity index (χ2n) is 4.81. The molecule has 0 atom stereocenters. The molecule has 0 unspecified atom stereocenters. The third kappa shape index (κ3) is 2.53. The molecule has 0 radical (unpaired) electrons. The van der Waals surface area contributed by atoms with Crippen LogP contribution in [0.15, 0.2) is 22.7 Å². The monoisotopic (exact) mass is 302 g/mol. The molecule has 1 aromatic carbocycles. The number of hydrogen-bond donors (Lipinski definition) is 1. The van der Waals surface area contributed by atoms with E-state index in [1.165, 1.54) is 5.69 Å². The van der Waals surface area contributed by atoms with Crippen molar-refractivity contribution in [2.24, 2.45) is 0 Å². The maximum Gasteiger partial charge on any atom is 0.0595 e. The quantitative estimate of drug-likeness (QED) is 0.856. The number of hydrogen-bond acceptors (Lipinski definition) is 2. The van der Waals surface area contributed by atoms with E-state index in [1.807, 2.05) is 12.1 Å². The zero-order chi connectivity index (χ0) is 11.8. The Bertz CT molecular complexity index is 393. The van der Waals surface area contributed by atoms with Gasteiger partial charge in [0.1, 0.15) is 0 Å². The van der Waals surface area contributed by atoms with Crippen LogP contribution in [0.1, 0.15) is 13.8 Å². The number of benzene rings is 1. The minimum atomic E-state index is 0.153. The standard InChI is InChI=1S/C12H16BrClN2/c1-12(2)8-16(7-6-15-12)10-5-3-4-9(14)11(10)13/h3-5,15H,6-8H2,1-2H3. The fraction of sp³-hybridized carbons (Fsp3) is 0.500. The summed E-state index contributed by atoms with van der Waals surface area (Å²) in [7, 11) is 0. The van der Waals surface area contributed by atoms with Crippen LogP contribution in [0.25, 0.3) is 0 Å². The topological polar surface area (TPSA) is 15.3 Å². The molecule has 1 aliphatic heterocycles. The number of nitrogens with zero attached hydrogens (tertiary/aromatic N) is 1. The van der Waals surface area contributed by atoms with Crippen LogP contribution >= 0.6 is 27.5 Å². The Morgan fingerprint density at radius 1 is 1.44 bits per heavy atom. The lowest BCUT2D eigenvalue weighted by molar-refractivity contribution is 0.353. The molecular formula is C12H16BrClN2. The molecule has 88 valence electrons. The molecule has 0 bridgehead atoms. The van der Waals surface area contributed by atoms with E-state index in [0.29, 0.717) is 0 Å². The first kappa shape index (κ1) is 12.2. The first-order valence-electron chi connectivity index (χ1n) is 5.44. The van der Waals surface area contributed by atoms with Gasteiger partial charge in [0.05, 0.1) is 15.2 Å². The van der Waals surface area contributed by atoms with Crippen LogP contribution in [-0.4, -0.2) is 25.2 Å². The van der Waals surface area contributed by atoms with Gasteiger partial charge >= 0.3 is 0 Å². The van der Waals surface area contributed by atoms with Gasteiger partial charge in [0.25, 0.3) is 0 Å². The maximum atomic E-state index is 6.11. The normalized spacial score (nSPS) is 19.9. The van der Waals surface area contributed by atoms with E-state index in [1.54, 1.807) is 0 Å². The number of nitrogens with one attached hydrogen (secondary N) is 1. The molecule has 0 aliphatic carbocycles. The fourth-order valence-electron chi connectivity index (χ4n) is 2.08. The van der Waals surface area contributed by atoms with Gasteiger partial charge in [0.15, 0.2) is 0 Å². The van der Waals surface area contributed by atoms with E-state index in [4.69, 9.17) is 11.6 Å². The summed E-state index contributed by atoms with van der Waals surface area (Å²) >= 11 is 9.67. The second-order valence-corrected chi connectivity index (χ2v) is 6.01. The minimum absolute atomic E-state index is 0.153. The fourth-order valence-corrected chi connectivity index (χ4v) is 2.77. The first-order valence-corrected chi connectivity index (χ1v) is 6.61. The smallest absolute Gasteiger partial charge is 0.0595 e. The minimum Gasteiger partial charge on any atom is -0.367 e. The Hall–Kier alpha value is -0.250. The van der Waals surface area contributed by atoms with E-state index in [2.05, 4.69) is 46.1 Å². The Balaban J connectivity index is 2.27. The largest absolute Gasteiger partial charge is 0.367 e. The van der Waals surface area contributed by atoms with Crippen LogP contribution in [0.5, 0.6) is 0 Å². The van der Waals surface area contributed by atoms with Crippen LogP contribution in [0.3, 0.4) is 0 Å². The summed E-state index contributed by atoms with van der Waals surface area (Å²) in [6, 6.07) is 6.01. The Kier molecular flexibility index (Phi) is 3.48. The van der Waals surface area contributed by atoms with Gasteiger partial charge in [-0.2, -0.15) is 0 Å². The van der Waals surface area contributed by atoms with Gasteiger partial charge in [0, 0.05) is 25.2 Å². The number of anilines is 1. The van der Waals surface area contributed by atoms with Crippen molar-refractivity contribution in [3.05, 3.63) is 27.7 Å². The molecular weight excluding hydrogens is 288 g/mol. The summed E-state index contributed by atoms with van der Waals surface area (Å²) in [5, 5.41) is 4.27. The Morgan fingerprint density at radius 2 is 2.19 bits per heavy atom. The highest BCUT2D eigenvalue weighted by molar-refractivity contribution is 9.10. The molecule has 1 saturated heterocycles. The van der Waals surface area contributed by atoms with Gasteiger partial charge in [-0.05, 0) is 41.9 Å². The first-order chi connectivity index (χ1) is 7.49. The molecule has 0 aromatic heterocycles. The van der Waals surface area contributed by atoms with Crippen molar-refractivity contribution in [2.75, 3.05) is 24.5 Å². The van der Waals surface area contributed by atoms with Gasteiger partial charge in [-0.25, -0.2) is 0 Å². The number of rotatable bonds is 1. The van der Waals surface area contributed by atoms with Gasteiger partial charge < -0.3 is 10.2 Å². The average molecular weight is 304 g/mol. The van der Waals surface area contributed by atoms with Crippen LogP contribution in [0.2, 0.25) is 5.02 Å². The van der Waals surface area contributed by atoms with Gasteiger partial charge in [-0.1, -0.05) is 17.7 Å². The molecule has 1 N–H and O–H groups in total. The van der Waals surface area contributed by atoms with Gasteiger partial charge in [-0.3, -0.25) is 0 Å². The molecule has 2 nitrogen and oxygen atoms in total. The highest BCUT2D eigenvalue weighted by atomic mass is 79.9. The van der Waals surface area contributed by atoms with Crippen molar-refractivity contribution in [3.63, 3.8) is 0 Å². The lowest BCUT2D eigenvalue weighted by Crippen LogP contribution is -2.57. The Morgan fingerprint density at radius 3 is 2.88 bits per heavy atom. The van der Waals surface area contributed by atoms with E-state index >= 15 is 0 Å². The van der Waals surface area contributed by atoms with E-state index < -0.39 is 0 Å². The van der Waals surface area contributed by atoms with Crippen molar-refractivity contribution < 1.29 is 0 Å². The molecule has 1 fully saturated rings. The lowest BCUT2D eigenvalue weighted by Gasteiger charge is -2.40. The molecule has 1 aliphatic rings. The summed E-state index contributed by atoms with van der Waals surface area (Å²) < 4.78 is 0.995. The van der Waals surface area contributed by atoms with Crippen molar-refractivity contribution in [1.82, 2.24) is 5.32 Å². The highest BCUT2D eigenvalue weighted by Gasteiger charge is 2.26. The lowest BCUT2D eigenvalue weighted by atomic mass is 10.0. The summed E-state index contributed by atoms with van der Waals surface area (Å²) in [5.41, 5.74) is 1.34. The second kappa shape index (κ2) is 4.55. The molecule has 1 heterocycles. The van der Waals surface area contributed by atoms with Crippen molar-refractivity contribution >= 4 is 33.2 Å². The molecule has 0 amide bonds. The highest BCUT2D eigenvalue weighted by Crippen LogP contribution is 2.33. The summed E-state index contributed by atoms with van der Waals surface area (Å²) in [5.74, 6) is 0. The molecule has 0 saturated carbocycles. The van der Waals surface area contributed by atoms with Crippen LogP contribution in [-0.2, 0) is 0 Å². The SMILES string of the molecule is CC1(C)CN(c2cccc(Cl)c2Br)CCN1. The van der Waals surface area contributed by atoms with E-state index in [9.17, 15) is 0 Å². The average Bonchev–Trinajstić information content (AvgIpc) is 2.20. The maximum absolute atomic E-state index is 6.11. The molecule has 4 heteroatoms. The molecule has 16 heavy (non-hydrogen) atoms. The molecule has 1 aromatic rings.